The summed E-state index contributed by atoms with van der Waals surface area (Å²) in [6.07, 6.45) is 1.50. The van der Waals surface area contributed by atoms with Crippen molar-refractivity contribution in [1.82, 2.24) is 4.98 Å². The monoisotopic (exact) mass is 343 g/mol. The largest absolute Gasteiger partial charge is 0.435 e. The molecule has 98 valence electrons. The molecule has 2 N–H and O–H groups in total. The molecule has 0 saturated heterocycles. The van der Waals surface area contributed by atoms with Crippen LogP contribution in [0.1, 0.15) is 0 Å². The Bertz CT molecular complexity index is 651. The van der Waals surface area contributed by atoms with E-state index < -0.39 is 4.92 Å². The molecule has 0 radical (unpaired) electrons. The van der Waals surface area contributed by atoms with E-state index in [-0.39, 0.29) is 28.0 Å². The van der Waals surface area contributed by atoms with E-state index in [4.69, 9.17) is 22.1 Å². The molecule has 1 aromatic carbocycles. The van der Waals surface area contributed by atoms with E-state index in [9.17, 15) is 10.1 Å². The Morgan fingerprint density at radius 3 is 2.79 bits per heavy atom. The zero-order chi connectivity index (χ0) is 14.0. The van der Waals surface area contributed by atoms with Crippen LogP contribution in [0.5, 0.6) is 11.6 Å². The summed E-state index contributed by atoms with van der Waals surface area (Å²) in [6.45, 7) is 0. The second-order valence-corrected chi connectivity index (χ2v) is 4.84. The molecule has 0 aliphatic carbocycles. The number of hydrogen-bond donors (Lipinski definition) is 1. The molecule has 0 saturated carbocycles. The van der Waals surface area contributed by atoms with E-state index in [1.54, 1.807) is 6.07 Å². The van der Waals surface area contributed by atoms with Gasteiger partial charge in [0.1, 0.15) is 0 Å². The molecule has 0 bridgehead atoms. The van der Waals surface area contributed by atoms with Gasteiger partial charge < -0.3 is 10.5 Å². The van der Waals surface area contributed by atoms with Gasteiger partial charge in [0, 0.05) is 16.7 Å². The first-order valence-corrected chi connectivity index (χ1v) is 6.17. The highest BCUT2D eigenvalue weighted by Crippen LogP contribution is 2.34. The number of pyridine rings is 1. The van der Waals surface area contributed by atoms with Crippen LogP contribution in [-0.2, 0) is 0 Å². The molecule has 8 heteroatoms. The van der Waals surface area contributed by atoms with Gasteiger partial charge in [-0.1, -0.05) is 11.6 Å². The lowest BCUT2D eigenvalue weighted by Crippen LogP contribution is -1.96. The normalized spacial score (nSPS) is 10.2. The van der Waals surface area contributed by atoms with Crippen LogP contribution in [0.4, 0.5) is 11.4 Å². The predicted molar refractivity (Wildman–Crippen MR) is 74.5 cm³/mol. The van der Waals surface area contributed by atoms with Gasteiger partial charge in [-0.15, -0.1) is 0 Å². The molecular formula is C11H7BrClN3O3. The smallest absolute Gasteiger partial charge is 0.273 e. The van der Waals surface area contributed by atoms with Crippen LogP contribution in [-0.4, -0.2) is 9.91 Å². The number of rotatable bonds is 3. The number of benzene rings is 1. The van der Waals surface area contributed by atoms with Gasteiger partial charge in [0.25, 0.3) is 5.69 Å². The average molecular weight is 345 g/mol. The van der Waals surface area contributed by atoms with Crippen LogP contribution in [0.3, 0.4) is 0 Å². The fourth-order valence-corrected chi connectivity index (χ4v) is 1.82. The molecule has 0 spiro atoms. The summed E-state index contributed by atoms with van der Waals surface area (Å²) in [5, 5.41) is 10.9. The second kappa shape index (κ2) is 5.41. The second-order valence-electron chi connectivity index (χ2n) is 3.52. The minimum absolute atomic E-state index is 0.123. The van der Waals surface area contributed by atoms with Gasteiger partial charge in [0.15, 0.2) is 5.75 Å². The Balaban J connectivity index is 2.37. The van der Waals surface area contributed by atoms with Gasteiger partial charge >= 0.3 is 0 Å². The highest BCUT2D eigenvalue weighted by Gasteiger charge is 2.13. The Hall–Kier alpha value is -1.86. The van der Waals surface area contributed by atoms with Crippen LogP contribution >= 0.6 is 27.5 Å². The molecule has 1 heterocycles. The lowest BCUT2D eigenvalue weighted by molar-refractivity contribution is -0.384. The van der Waals surface area contributed by atoms with Crippen molar-refractivity contribution in [3.05, 3.63) is 50.1 Å². The molecule has 0 unspecified atom stereocenters. The molecule has 0 fully saturated rings. The number of nitrogen functional groups attached to an aromatic ring is 1. The number of ether oxygens (including phenoxy) is 1. The van der Waals surface area contributed by atoms with Crippen molar-refractivity contribution in [3.8, 4) is 11.6 Å². The topological polar surface area (TPSA) is 91.3 Å². The summed E-state index contributed by atoms with van der Waals surface area (Å²) < 4.78 is 6.09. The first kappa shape index (κ1) is 13.6. The summed E-state index contributed by atoms with van der Waals surface area (Å²) in [4.78, 5) is 14.1. The van der Waals surface area contributed by atoms with Crippen LogP contribution in [0.15, 0.2) is 34.9 Å². The highest BCUT2D eigenvalue weighted by atomic mass is 79.9. The molecule has 0 atom stereocenters. The third-order valence-electron chi connectivity index (χ3n) is 2.18. The van der Waals surface area contributed by atoms with Gasteiger partial charge in [-0.25, -0.2) is 4.98 Å². The minimum atomic E-state index is -0.540. The first-order chi connectivity index (χ1) is 8.97. The maximum absolute atomic E-state index is 10.7. The Morgan fingerprint density at radius 2 is 2.16 bits per heavy atom. The number of anilines is 1. The van der Waals surface area contributed by atoms with E-state index in [1.807, 2.05) is 0 Å². The summed E-state index contributed by atoms with van der Waals surface area (Å²) in [5.41, 5.74) is 5.88. The third-order valence-corrected chi connectivity index (χ3v) is 2.92. The number of halogens is 2. The maximum Gasteiger partial charge on any atom is 0.273 e. The van der Waals surface area contributed by atoms with Crippen LogP contribution in [0.25, 0.3) is 0 Å². The van der Waals surface area contributed by atoms with Crippen LogP contribution in [0, 0.1) is 10.1 Å². The maximum atomic E-state index is 10.7. The van der Waals surface area contributed by atoms with E-state index >= 15 is 0 Å². The van der Waals surface area contributed by atoms with Crippen molar-refractivity contribution in [2.45, 2.75) is 0 Å². The third kappa shape index (κ3) is 3.12. The molecule has 0 amide bonds. The minimum Gasteiger partial charge on any atom is -0.435 e. The van der Waals surface area contributed by atoms with Gasteiger partial charge in [0.2, 0.25) is 5.88 Å². The first-order valence-electron chi connectivity index (χ1n) is 5.00. The SMILES string of the molecule is Nc1cc(Br)cnc1Oc1cc([N+](=O)[O-])ccc1Cl. The van der Waals surface area contributed by atoms with Gasteiger partial charge in [0.05, 0.1) is 21.7 Å². The lowest BCUT2D eigenvalue weighted by atomic mass is 10.3. The average Bonchev–Trinajstić information content (AvgIpc) is 2.34. The van der Waals surface area contributed by atoms with Crippen LogP contribution < -0.4 is 10.5 Å². The van der Waals surface area contributed by atoms with Crippen LogP contribution in [0.2, 0.25) is 5.02 Å². The number of nitro groups is 1. The van der Waals surface area contributed by atoms with Gasteiger partial charge in [-0.05, 0) is 28.1 Å². The summed E-state index contributed by atoms with van der Waals surface area (Å²) >= 11 is 9.12. The van der Waals surface area contributed by atoms with Crippen molar-refractivity contribution < 1.29 is 9.66 Å². The molecule has 0 aliphatic rings. The van der Waals surface area contributed by atoms with E-state index in [0.717, 1.165) is 0 Å². The molecular weight excluding hydrogens is 337 g/mol. The van der Waals surface area contributed by atoms with Crippen molar-refractivity contribution in [3.63, 3.8) is 0 Å². The zero-order valence-corrected chi connectivity index (χ0v) is 11.7. The summed E-state index contributed by atoms with van der Waals surface area (Å²) in [6, 6.07) is 5.48. The highest BCUT2D eigenvalue weighted by molar-refractivity contribution is 9.10. The Kier molecular flexibility index (Phi) is 3.87. The molecule has 2 aromatic rings. The lowest BCUT2D eigenvalue weighted by Gasteiger charge is -2.08. The Labute approximate surface area is 121 Å². The van der Waals surface area contributed by atoms with E-state index in [2.05, 4.69) is 20.9 Å². The number of aromatic nitrogens is 1. The van der Waals surface area contributed by atoms with Gasteiger partial charge in [-0.3, -0.25) is 10.1 Å². The Morgan fingerprint density at radius 1 is 1.42 bits per heavy atom. The van der Waals surface area contributed by atoms with Crippen molar-refractivity contribution in [2.75, 3.05) is 5.73 Å². The molecule has 0 aliphatic heterocycles. The quantitative estimate of drug-likeness (QED) is 0.676. The number of nitrogens with zero attached hydrogens (tertiary/aromatic N) is 2. The van der Waals surface area contributed by atoms with Gasteiger partial charge in [-0.2, -0.15) is 0 Å². The summed E-state index contributed by atoms with van der Waals surface area (Å²) in [5.74, 6) is 0.253. The summed E-state index contributed by atoms with van der Waals surface area (Å²) in [7, 11) is 0. The number of non-ortho nitro benzene ring substituents is 1. The molecule has 2 rings (SSSR count). The number of nitro benzene ring substituents is 1. The number of hydrogen-bond acceptors (Lipinski definition) is 5. The van der Waals surface area contributed by atoms with E-state index in [0.29, 0.717) is 4.47 Å². The van der Waals surface area contributed by atoms with Crippen molar-refractivity contribution in [2.24, 2.45) is 0 Å². The van der Waals surface area contributed by atoms with Crippen molar-refractivity contribution in [1.29, 1.82) is 0 Å². The molecule has 19 heavy (non-hydrogen) atoms. The number of nitrogens with two attached hydrogens (primary N) is 1. The fourth-order valence-electron chi connectivity index (χ4n) is 1.32. The standard InChI is InChI=1S/C11H7BrClN3O3/c12-6-3-9(14)11(15-5-6)19-10-4-7(16(17)18)1-2-8(10)13/h1-5H,14H2. The molecule has 6 nitrogen and oxygen atoms in total. The zero-order valence-electron chi connectivity index (χ0n) is 9.34. The predicted octanol–water partition coefficient (Wildman–Crippen LogP) is 3.78. The van der Waals surface area contributed by atoms with E-state index in [1.165, 1.54) is 24.4 Å². The van der Waals surface area contributed by atoms with Crippen molar-refractivity contribution >= 4 is 38.9 Å². The fraction of sp³-hybridized carbons (Fsp3) is 0. The molecule has 1 aromatic heterocycles.